The molecule has 134 valence electrons. The predicted octanol–water partition coefficient (Wildman–Crippen LogP) is 1.79. The first-order valence-electron chi connectivity index (χ1n) is 8.34. The third-order valence-corrected chi connectivity index (χ3v) is 4.09. The third-order valence-electron chi connectivity index (χ3n) is 4.09. The molecule has 1 fully saturated rings. The highest BCUT2D eigenvalue weighted by atomic mass is 16.6. The minimum absolute atomic E-state index is 0.0826. The fourth-order valence-corrected chi connectivity index (χ4v) is 2.67. The van der Waals surface area contributed by atoms with Gasteiger partial charge in [-0.15, -0.1) is 0 Å². The molecule has 2 aromatic rings. The lowest BCUT2D eigenvalue weighted by Gasteiger charge is -2.30. The van der Waals surface area contributed by atoms with E-state index in [-0.39, 0.29) is 24.6 Å². The van der Waals surface area contributed by atoms with Crippen LogP contribution in [0.15, 0.2) is 54.7 Å². The summed E-state index contributed by atoms with van der Waals surface area (Å²) in [5.74, 6) is -0.624. The highest BCUT2D eigenvalue weighted by Gasteiger charge is 2.31. The van der Waals surface area contributed by atoms with Crippen LogP contribution in [0.25, 0.3) is 0 Å². The molecule has 1 N–H and O–H groups in total. The van der Waals surface area contributed by atoms with Gasteiger partial charge in [0.2, 0.25) is 0 Å². The average molecular weight is 353 g/mol. The minimum atomic E-state index is -0.623. The van der Waals surface area contributed by atoms with E-state index in [0.29, 0.717) is 13.0 Å². The van der Waals surface area contributed by atoms with Crippen LogP contribution in [-0.2, 0) is 16.1 Å². The maximum absolute atomic E-state index is 12.3. The largest absolute Gasteiger partial charge is 0.445 e. The van der Waals surface area contributed by atoms with Crippen LogP contribution in [0.5, 0.6) is 0 Å². The van der Waals surface area contributed by atoms with Gasteiger partial charge >= 0.3 is 6.09 Å². The summed E-state index contributed by atoms with van der Waals surface area (Å²) in [6.45, 7) is 0.414. The van der Waals surface area contributed by atoms with Gasteiger partial charge in [-0.05, 0) is 24.1 Å². The minimum Gasteiger partial charge on any atom is -0.445 e. The van der Waals surface area contributed by atoms with Crippen molar-refractivity contribution in [2.45, 2.75) is 19.1 Å². The number of hydrogen-bond acceptors (Lipinski definition) is 5. The van der Waals surface area contributed by atoms with E-state index in [1.807, 2.05) is 30.3 Å². The van der Waals surface area contributed by atoms with Crippen LogP contribution in [0, 0.1) is 0 Å². The Morgan fingerprint density at radius 2 is 1.92 bits per heavy atom. The van der Waals surface area contributed by atoms with Crippen LogP contribution >= 0.6 is 0 Å². The molecule has 26 heavy (non-hydrogen) atoms. The fourth-order valence-electron chi connectivity index (χ4n) is 2.67. The Labute approximate surface area is 151 Å². The van der Waals surface area contributed by atoms with Crippen LogP contribution in [-0.4, -0.2) is 46.8 Å². The summed E-state index contributed by atoms with van der Waals surface area (Å²) in [6, 6.07) is 13.7. The van der Waals surface area contributed by atoms with Gasteiger partial charge in [-0.3, -0.25) is 14.6 Å². The number of aromatic nitrogens is 1. The van der Waals surface area contributed by atoms with E-state index < -0.39 is 18.0 Å². The Morgan fingerprint density at radius 3 is 2.62 bits per heavy atom. The summed E-state index contributed by atoms with van der Waals surface area (Å²) in [5, 5.41) is 2.67. The Bertz CT molecular complexity index is 780. The molecule has 0 spiro atoms. The lowest BCUT2D eigenvalue weighted by Crippen LogP contribution is -2.53. The van der Waals surface area contributed by atoms with Crippen molar-refractivity contribution < 1.29 is 19.1 Å². The maximum Gasteiger partial charge on any atom is 0.410 e. The average Bonchev–Trinajstić information content (AvgIpc) is 2.69. The smallest absolute Gasteiger partial charge is 0.410 e. The van der Waals surface area contributed by atoms with Crippen molar-refractivity contribution in [3.8, 4) is 0 Å². The monoisotopic (exact) mass is 353 g/mol. The molecule has 0 aliphatic carbocycles. The Morgan fingerprint density at radius 1 is 1.15 bits per heavy atom. The molecule has 3 rings (SSSR count). The number of pyridine rings is 1. The van der Waals surface area contributed by atoms with E-state index in [1.54, 1.807) is 18.2 Å². The molecule has 1 aliphatic rings. The van der Waals surface area contributed by atoms with Crippen molar-refractivity contribution in [1.82, 2.24) is 15.2 Å². The molecule has 7 heteroatoms. The van der Waals surface area contributed by atoms with Crippen LogP contribution < -0.4 is 5.32 Å². The molecule has 1 aromatic carbocycles. The molecule has 1 atom stereocenters. The number of amides is 2. The number of Topliss-reactive ketones (excluding diaryl/α,β-unsaturated/α-hetero) is 1. The third kappa shape index (κ3) is 4.44. The van der Waals surface area contributed by atoms with E-state index in [2.05, 4.69) is 10.3 Å². The van der Waals surface area contributed by atoms with Gasteiger partial charge in [-0.2, -0.15) is 0 Å². The number of likely N-dealkylation sites (tertiary alicyclic amines) is 1. The fraction of sp³-hybridized carbons (Fsp3) is 0.263. The van der Waals surface area contributed by atoms with Crippen LogP contribution in [0.2, 0.25) is 0 Å². The normalized spacial score (nSPS) is 16.8. The molecule has 1 saturated heterocycles. The number of carbonyl (C=O) groups excluding carboxylic acids is 3. The van der Waals surface area contributed by atoms with Crippen molar-refractivity contribution in [3.63, 3.8) is 0 Å². The number of hydrogen-bond donors (Lipinski definition) is 1. The lowest BCUT2D eigenvalue weighted by atomic mass is 10.0. The summed E-state index contributed by atoms with van der Waals surface area (Å²) >= 11 is 0. The van der Waals surface area contributed by atoms with Gasteiger partial charge in [0.15, 0.2) is 5.78 Å². The molecule has 1 aromatic heterocycles. The molecular formula is C19H19N3O4. The number of nitrogens with zero attached hydrogens (tertiary/aromatic N) is 2. The number of piperidine rings is 1. The number of rotatable bonds is 4. The maximum atomic E-state index is 12.3. The zero-order chi connectivity index (χ0) is 18.4. The van der Waals surface area contributed by atoms with E-state index in [4.69, 9.17) is 4.74 Å². The van der Waals surface area contributed by atoms with Gasteiger partial charge < -0.3 is 15.0 Å². The predicted molar refractivity (Wildman–Crippen MR) is 93.3 cm³/mol. The second-order valence-electron chi connectivity index (χ2n) is 5.96. The highest BCUT2D eigenvalue weighted by molar-refractivity contribution is 5.98. The van der Waals surface area contributed by atoms with Gasteiger partial charge in [0.05, 0.1) is 12.6 Å². The SMILES string of the molecule is O=C(N[C@@H]1CCN(C(=O)OCc2ccccc2)CC1=O)c1ccccn1. The molecule has 1 aliphatic heterocycles. The van der Waals surface area contributed by atoms with Crippen molar-refractivity contribution in [3.05, 3.63) is 66.0 Å². The molecule has 0 saturated carbocycles. The Hall–Kier alpha value is -3.22. The highest BCUT2D eigenvalue weighted by Crippen LogP contribution is 2.11. The number of benzene rings is 1. The zero-order valence-electron chi connectivity index (χ0n) is 14.1. The van der Waals surface area contributed by atoms with Gasteiger partial charge in [-0.25, -0.2) is 4.79 Å². The first-order chi connectivity index (χ1) is 12.6. The number of nitrogens with one attached hydrogen (secondary N) is 1. The van der Waals surface area contributed by atoms with Crippen molar-refractivity contribution in [1.29, 1.82) is 0 Å². The molecular weight excluding hydrogens is 334 g/mol. The molecule has 7 nitrogen and oxygen atoms in total. The molecule has 0 unspecified atom stereocenters. The lowest BCUT2D eigenvalue weighted by molar-refractivity contribution is -0.123. The van der Waals surface area contributed by atoms with Gasteiger partial charge in [0.1, 0.15) is 12.3 Å². The molecule has 2 amide bonds. The number of carbonyl (C=O) groups is 3. The second kappa shape index (κ2) is 8.24. The molecule has 0 radical (unpaired) electrons. The second-order valence-corrected chi connectivity index (χ2v) is 5.96. The summed E-state index contributed by atoms with van der Waals surface area (Å²) in [5.41, 5.74) is 1.13. The topological polar surface area (TPSA) is 88.6 Å². The van der Waals surface area contributed by atoms with Crippen molar-refractivity contribution in [2.75, 3.05) is 13.1 Å². The van der Waals surface area contributed by atoms with Gasteiger partial charge in [0, 0.05) is 12.7 Å². The van der Waals surface area contributed by atoms with E-state index in [9.17, 15) is 14.4 Å². The number of ether oxygens (including phenoxy) is 1. The standard InChI is InChI=1S/C19H19N3O4/c23-17-12-22(19(25)26-13-14-6-2-1-3-7-14)11-9-15(17)21-18(24)16-8-4-5-10-20-16/h1-8,10,15H,9,11-13H2,(H,21,24)/t15-/m1/s1. The van der Waals surface area contributed by atoms with Crippen molar-refractivity contribution >= 4 is 17.8 Å². The zero-order valence-corrected chi connectivity index (χ0v) is 14.1. The van der Waals surface area contributed by atoms with Crippen molar-refractivity contribution in [2.24, 2.45) is 0 Å². The Kier molecular flexibility index (Phi) is 5.58. The van der Waals surface area contributed by atoms with E-state index >= 15 is 0 Å². The first kappa shape index (κ1) is 17.6. The van der Waals surface area contributed by atoms with Crippen LogP contribution in [0.3, 0.4) is 0 Å². The Balaban J connectivity index is 1.49. The quantitative estimate of drug-likeness (QED) is 0.905. The summed E-state index contributed by atoms with van der Waals surface area (Å²) < 4.78 is 5.24. The van der Waals surface area contributed by atoms with Crippen LogP contribution in [0.1, 0.15) is 22.5 Å². The van der Waals surface area contributed by atoms with Crippen LogP contribution in [0.4, 0.5) is 4.79 Å². The van der Waals surface area contributed by atoms with Gasteiger partial charge in [0.25, 0.3) is 5.91 Å². The summed E-state index contributed by atoms with van der Waals surface area (Å²) in [6.07, 6.45) is 1.33. The van der Waals surface area contributed by atoms with E-state index in [0.717, 1.165) is 5.56 Å². The summed E-state index contributed by atoms with van der Waals surface area (Å²) in [7, 11) is 0. The molecule has 2 heterocycles. The summed E-state index contributed by atoms with van der Waals surface area (Å²) in [4.78, 5) is 41.8. The number of ketones is 1. The van der Waals surface area contributed by atoms with Gasteiger partial charge in [-0.1, -0.05) is 36.4 Å². The molecule has 0 bridgehead atoms. The first-order valence-corrected chi connectivity index (χ1v) is 8.34. The van der Waals surface area contributed by atoms with E-state index in [1.165, 1.54) is 11.1 Å².